The van der Waals surface area contributed by atoms with Crippen molar-refractivity contribution in [2.24, 2.45) is 5.92 Å². The number of nitrogens with one attached hydrogen (secondary N) is 1. The molecule has 0 saturated heterocycles. The number of aromatic nitrogens is 3. The molecular weight excluding hydrogens is 353 g/mol. The number of aliphatic carboxylic acids is 1. The van der Waals surface area contributed by atoms with Gasteiger partial charge in [0.1, 0.15) is 12.2 Å². The largest absolute Gasteiger partial charge is 0.480 e. The fourth-order valence-corrected chi connectivity index (χ4v) is 2.74. The maximum atomic E-state index is 12.8. The first kappa shape index (κ1) is 17.9. The second-order valence-corrected chi connectivity index (χ2v) is 6.09. The van der Waals surface area contributed by atoms with Crippen LogP contribution in [0.1, 0.15) is 29.2 Å². The smallest absolute Gasteiger partial charge is 0.416 e. The maximum absolute atomic E-state index is 12.8. The van der Waals surface area contributed by atoms with Crippen LogP contribution >= 0.6 is 0 Å². The van der Waals surface area contributed by atoms with E-state index in [1.165, 1.54) is 12.3 Å². The Balaban J connectivity index is 1.55. The van der Waals surface area contributed by atoms with E-state index < -0.39 is 17.7 Å². The number of rotatable bonds is 6. The van der Waals surface area contributed by atoms with Gasteiger partial charge < -0.3 is 10.4 Å². The summed E-state index contributed by atoms with van der Waals surface area (Å²) in [5.74, 6) is -1.96. The SMILES string of the molecule is O=C(O)Cn1cc(CNC(=O)C2CC2c2cccc(C(F)(F)F)c2)nn1. The molecule has 1 aliphatic carbocycles. The lowest BCUT2D eigenvalue weighted by Crippen LogP contribution is -2.25. The summed E-state index contributed by atoms with van der Waals surface area (Å²) < 4.78 is 39.4. The Kier molecular flexibility index (Phi) is 4.66. The van der Waals surface area contributed by atoms with E-state index in [1.54, 1.807) is 6.07 Å². The first-order valence-electron chi connectivity index (χ1n) is 7.79. The number of alkyl halides is 3. The van der Waals surface area contributed by atoms with Crippen LogP contribution in [-0.2, 0) is 28.9 Å². The standard InChI is InChI=1S/C16H15F3N4O3/c17-16(18,19)10-3-1-2-9(4-10)12-5-13(12)15(26)20-6-11-7-23(22-21-11)8-14(24)25/h1-4,7,12-13H,5-6,8H2,(H,20,26)(H,24,25). The van der Waals surface area contributed by atoms with E-state index in [-0.39, 0.29) is 30.8 Å². The summed E-state index contributed by atoms with van der Waals surface area (Å²) in [6.45, 7) is -0.258. The molecule has 1 heterocycles. The number of benzene rings is 1. The summed E-state index contributed by atoms with van der Waals surface area (Å²) in [7, 11) is 0. The van der Waals surface area contributed by atoms with Crippen LogP contribution in [0.5, 0.6) is 0 Å². The van der Waals surface area contributed by atoms with Crippen LogP contribution in [0.3, 0.4) is 0 Å². The van der Waals surface area contributed by atoms with Gasteiger partial charge in [0.15, 0.2) is 0 Å². The molecule has 0 radical (unpaired) electrons. The number of hydrogen-bond acceptors (Lipinski definition) is 4. The van der Waals surface area contributed by atoms with E-state index in [1.807, 2.05) is 0 Å². The molecule has 26 heavy (non-hydrogen) atoms. The summed E-state index contributed by atoms with van der Waals surface area (Å²) in [4.78, 5) is 22.7. The average Bonchev–Trinajstić information content (AvgIpc) is 3.26. The van der Waals surface area contributed by atoms with Crippen molar-refractivity contribution in [3.8, 4) is 0 Å². The quantitative estimate of drug-likeness (QED) is 0.810. The molecule has 10 heteroatoms. The molecule has 1 aromatic heterocycles. The molecule has 138 valence electrons. The predicted molar refractivity (Wildman–Crippen MR) is 81.8 cm³/mol. The minimum Gasteiger partial charge on any atom is -0.480 e. The van der Waals surface area contributed by atoms with Gasteiger partial charge >= 0.3 is 12.1 Å². The van der Waals surface area contributed by atoms with Crippen LogP contribution in [0.15, 0.2) is 30.5 Å². The van der Waals surface area contributed by atoms with Crippen molar-refractivity contribution in [1.82, 2.24) is 20.3 Å². The Bertz CT molecular complexity index is 834. The van der Waals surface area contributed by atoms with Gasteiger partial charge in [-0.3, -0.25) is 9.59 Å². The van der Waals surface area contributed by atoms with Gasteiger partial charge in [0.05, 0.1) is 18.3 Å². The molecule has 2 unspecified atom stereocenters. The molecular formula is C16H15F3N4O3. The average molecular weight is 368 g/mol. The normalized spacial score (nSPS) is 19.2. The number of carboxylic acids is 1. The Hall–Kier alpha value is -2.91. The van der Waals surface area contributed by atoms with Gasteiger partial charge in [-0.25, -0.2) is 4.68 Å². The lowest BCUT2D eigenvalue weighted by atomic mass is 10.1. The van der Waals surface area contributed by atoms with Crippen molar-refractivity contribution in [2.75, 3.05) is 0 Å². The first-order valence-corrected chi connectivity index (χ1v) is 7.79. The van der Waals surface area contributed by atoms with Gasteiger partial charge in [-0.1, -0.05) is 23.4 Å². The van der Waals surface area contributed by atoms with Crippen LogP contribution in [0, 0.1) is 5.92 Å². The van der Waals surface area contributed by atoms with E-state index in [4.69, 9.17) is 5.11 Å². The molecule has 2 aromatic rings. The van der Waals surface area contributed by atoms with Gasteiger partial charge in [0.25, 0.3) is 0 Å². The van der Waals surface area contributed by atoms with E-state index in [9.17, 15) is 22.8 Å². The Morgan fingerprint density at radius 3 is 2.81 bits per heavy atom. The third-order valence-electron chi connectivity index (χ3n) is 4.10. The van der Waals surface area contributed by atoms with Crippen LogP contribution in [-0.4, -0.2) is 32.0 Å². The maximum Gasteiger partial charge on any atom is 0.416 e. The van der Waals surface area contributed by atoms with Crippen LogP contribution in [0.25, 0.3) is 0 Å². The molecule has 7 nitrogen and oxygen atoms in total. The Morgan fingerprint density at radius 2 is 2.12 bits per heavy atom. The van der Waals surface area contributed by atoms with Gasteiger partial charge in [-0.15, -0.1) is 5.10 Å². The Labute approximate surface area is 145 Å². The number of carbonyl (C=O) groups is 2. The molecule has 1 saturated carbocycles. The van der Waals surface area contributed by atoms with Crippen molar-refractivity contribution in [3.05, 3.63) is 47.3 Å². The van der Waals surface area contributed by atoms with Gasteiger partial charge in [-0.05, 0) is 24.0 Å². The van der Waals surface area contributed by atoms with Crippen LogP contribution in [0.4, 0.5) is 13.2 Å². The number of hydrogen-bond donors (Lipinski definition) is 2. The fraction of sp³-hybridized carbons (Fsp3) is 0.375. The minimum atomic E-state index is -4.41. The van der Waals surface area contributed by atoms with E-state index in [2.05, 4.69) is 15.6 Å². The van der Waals surface area contributed by atoms with Crippen molar-refractivity contribution in [3.63, 3.8) is 0 Å². The highest BCUT2D eigenvalue weighted by atomic mass is 19.4. The minimum absolute atomic E-state index is 0.0737. The monoisotopic (exact) mass is 368 g/mol. The number of carbonyl (C=O) groups excluding carboxylic acids is 1. The molecule has 1 amide bonds. The summed E-state index contributed by atoms with van der Waals surface area (Å²) in [6.07, 6.45) is -2.52. The number of amides is 1. The zero-order valence-corrected chi connectivity index (χ0v) is 13.4. The second kappa shape index (κ2) is 6.77. The fourth-order valence-electron chi connectivity index (χ4n) is 2.74. The topological polar surface area (TPSA) is 97.1 Å². The highest BCUT2D eigenvalue weighted by Gasteiger charge is 2.44. The lowest BCUT2D eigenvalue weighted by molar-refractivity contribution is -0.138. The van der Waals surface area contributed by atoms with Crippen molar-refractivity contribution >= 4 is 11.9 Å². The lowest BCUT2D eigenvalue weighted by Gasteiger charge is -2.08. The summed E-state index contributed by atoms with van der Waals surface area (Å²) >= 11 is 0. The number of halogens is 3. The van der Waals surface area contributed by atoms with Crippen molar-refractivity contribution < 1.29 is 27.9 Å². The molecule has 0 aliphatic heterocycles. The third kappa shape index (κ3) is 4.19. The molecule has 2 atom stereocenters. The van der Waals surface area contributed by atoms with Gasteiger partial charge in [-0.2, -0.15) is 13.2 Å². The molecule has 0 bridgehead atoms. The third-order valence-corrected chi connectivity index (χ3v) is 4.10. The summed E-state index contributed by atoms with van der Waals surface area (Å²) in [5.41, 5.74) is 0.166. The van der Waals surface area contributed by atoms with E-state index >= 15 is 0 Å². The molecule has 3 rings (SSSR count). The Morgan fingerprint density at radius 1 is 1.35 bits per heavy atom. The molecule has 0 spiro atoms. The van der Waals surface area contributed by atoms with Gasteiger partial charge in [0.2, 0.25) is 5.91 Å². The van der Waals surface area contributed by atoms with Crippen molar-refractivity contribution in [2.45, 2.75) is 31.6 Å². The second-order valence-electron chi connectivity index (χ2n) is 6.09. The zero-order chi connectivity index (χ0) is 18.9. The highest BCUT2D eigenvalue weighted by Crippen LogP contribution is 2.48. The summed E-state index contributed by atoms with van der Waals surface area (Å²) in [6, 6.07) is 5.01. The van der Waals surface area contributed by atoms with Crippen LogP contribution in [0.2, 0.25) is 0 Å². The first-order chi connectivity index (χ1) is 12.2. The van der Waals surface area contributed by atoms with Crippen molar-refractivity contribution in [1.29, 1.82) is 0 Å². The molecule has 2 N–H and O–H groups in total. The molecule has 1 aliphatic rings. The van der Waals surface area contributed by atoms with Crippen LogP contribution < -0.4 is 5.32 Å². The predicted octanol–water partition coefficient (Wildman–Crippen LogP) is 1.80. The van der Waals surface area contributed by atoms with E-state index in [0.29, 0.717) is 17.7 Å². The molecule has 1 fully saturated rings. The number of carboxylic acid groups (broad SMARTS) is 1. The summed E-state index contributed by atoms with van der Waals surface area (Å²) in [5, 5.41) is 18.7. The molecule has 1 aromatic carbocycles. The van der Waals surface area contributed by atoms with E-state index in [0.717, 1.165) is 16.8 Å². The number of nitrogens with zero attached hydrogens (tertiary/aromatic N) is 3. The highest BCUT2D eigenvalue weighted by molar-refractivity contribution is 5.82. The zero-order valence-electron chi connectivity index (χ0n) is 13.4. The van der Waals surface area contributed by atoms with Gasteiger partial charge in [0, 0.05) is 5.92 Å².